The van der Waals surface area contributed by atoms with Crippen LogP contribution in [-0.2, 0) is 46.2 Å². The molecule has 4 saturated heterocycles. The number of carbonyl (C=O) groups excluding carboxylic acids is 2. The van der Waals surface area contributed by atoms with Crippen LogP contribution in [-0.4, -0.2) is 161 Å². The molecule has 4 aromatic carbocycles. The SMILES string of the molecule is CCN(c1cc(-c2ccc3c(c2)C2(CC3)CCN(CC(F)(F)C(F)(F)F)CC2)cc(C(=O)NCc2c(OC)cc(C)[nH]c2=O)c1C)C1CCOCC1.CCN(c1cc(-c2ccc3c(c2)CCC32CCN(CC(F)(F)C(F)(F)F)CC2)cc(C(=O)NCc2c(OC)cc(C)[nH]c2=O)c1C)C1CCOCC1. The number of methoxy groups -OCH3 is 2. The minimum atomic E-state index is -5.58. The van der Waals surface area contributed by atoms with E-state index in [0.29, 0.717) is 104 Å². The normalized spacial score (nSPS) is 18.0. The molecule has 0 saturated carbocycles. The summed E-state index contributed by atoms with van der Waals surface area (Å²) < 4.78 is 155. The van der Waals surface area contributed by atoms with Crippen LogP contribution in [0.4, 0.5) is 55.3 Å². The third-order valence-corrected chi connectivity index (χ3v) is 22.6. The largest absolute Gasteiger partial charge is 0.496 e. The van der Waals surface area contributed by atoms with Crippen LogP contribution in [0, 0.1) is 27.7 Å². The summed E-state index contributed by atoms with van der Waals surface area (Å²) in [6.45, 7) is 13.6. The fraction of sp³-hybridized carbons (Fsp3) is 0.538. The molecule has 4 fully saturated rings. The van der Waals surface area contributed by atoms with Crippen molar-refractivity contribution in [3.05, 3.63) is 161 Å². The first-order valence-corrected chi connectivity index (χ1v) is 36.0. The van der Waals surface area contributed by atoms with Gasteiger partial charge >= 0.3 is 24.2 Å². The van der Waals surface area contributed by atoms with Gasteiger partial charge < -0.3 is 49.3 Å². The Balaban J connectivity index is 0.000000208. The molecular formula is C78H94F10N8O8. The van der Waals surface area contributed by atoms with E-state index in [1.807, 2.05) is 38.1 Å². The molecule has 12 rings (SSSR count). The maximum absolute atomic E-state index is 14.0. The fourth-order valence-corrected chi connectivity index (χ4v) is 16.7. The van der Waals surface area contributed by atoms with E-state index in [1.165, 1.54) is 24.0 Å². The number of anilines is 2. The van der Waals surface area contributed by atoms with Crippen LogP contribution in [0.5, 0.6) is 11.5 Å². The monoisotopic (exact) mass is 1460 g/mol. The van der Waals surface area contributed by atoms with Crippen LogP contribution in [0.3, 0.4) is 0 Å². The predicted molar refractivity (Wildman–Crippen MR) is 379 cm³/mol. The van der Waals surface area contributed by atoms with Crippen LogP contribution in [0.2, 0.25) is 0 Å². The van der Waals surface area contributed by atoms with Crippen molar-refractivity contribution in [3.8, 4) is 33.8 Å². The second-order valence-corrected chi connectivity index (χ2v) is 28.9. The van der Waals surface area contributed by atoms with Gasteiger partial charge in [-0.05, 0) is 248 Å². The van der Waals surface area contributed by atoms with Gasteiger partial charge in [0.25, 0.3) is 22.9 Å². The number of aryl methyl sites for hydroxylation is 4. The molecule has 6 aromatic rings. The Morgan fingerprint density at radius 2 is 0.913 bits per heavy atom. The predicted octanol–water partition coefficient (Wildman–Crippen LogP) is 14.2. The minimum Gasteiger partial charge on any atom is -0.496 e. The number of amides is 2. The van der Waals surface area contributed by atoms with Gasteiger partial charge in [-0.15, -0.1) is 0 Å². The second-order valence-electron chi connectivity index (χ2n) is 28.9. The first kappa shape index (κ1) is 77.2. The maximum atomic E-state index is 14.0. The number of likely N-dealkylation sites (tertiary alicyclic amines) is 2. The van der Waals surface area contributed by atoms with E-state index in [2.05, 4.69) is 80.6 Å². The quantitative estimate of drug-likeness (QED) is 0.0534. The highest BCUT2D eigenvalue weighted by atomic mass is 19.4. The standard InChI is InChI=1S/2C39H47F5N4O4/c1-5-48(29-9-16-52-17-10-29)33-21-28(20-30(25(33)3)35(49)45-22-31-34(51-4)18-24(2)46-36(31)50)26-6-7-32-27(19-26)8-11-37(32)12-14-47(15-13-37)23-38(40,41)39(42,43)44;1-5-48(29-9-16-52-17-10-29)33-21-28(19-30(25(33)3)35(49)45-22-31-34(51-4)18-24(2)46-36(31)50)27-7-6-26-8-11-37(32(26)20-27)12-14-47(15-13-37)23-38(40,41)39(42,43)44/h2*6-7,18-21,29H,5,8-17,22-23H2,1-4H3,(H,45,49)(H,46,50). The average molecular weight is 1460 g/mol. The third kappa shape index (κ3) is 16.2. The van der Waals surface area contributed by atoms with Crippen molar-refractivity contribution in [2.24, 2.45) is 0 Å². The summed E-state index contributed by atoms with van der Waals surface area (Å²) in [4.78, 5) is 66.2. The van der Waals surface area contributed by atoms with Crippen LogP contribution < -0.4 is 41.0 Å². The number of hydrogen-bond acceptors (Lipinski definition) is 12. The van der Waals surface area contributed by atoms with Gasteiger partial charge in [0.2, 0.25) is 0 Å². The molecule has 2 aromatic heterocycles. The number of carbonyl (C=O) groups is 2. The zero-order valence-electron chi connectivity index (χ0n) is 60.3. The molecule has 104 heavy (non-hydrogen) atoms. The molecule has 6 aliphatic rings. The molecule has 16 nitrogen and oxygen atoms in total. The summed E-state index contributed by atoms with van der Waals surface area (Å²) in [7, 11) is 2.96. The highest BCUT2D eigenvalue weighted by Crippen LogP contribution is 2.51. The molecule has 0 atom stereocenters. The third-order valence-electron chi connectivity index (χ3n) is 22.6. The van der Waals surface area contributed by atoms with Gasteiger partial charge in [0, 0.05) is 85.5 Å². The highest BCUT2D eigenvalue weighted by molar-refractivity contribution is 6.00. The zero-order chi connectivity index (χ0) is 74.8. The first-order valence-electron chi connectivity index (χ1n) is 36.0. The summed E-state index contributed by atoms with van der Waals surface area (Å²) >= 11 is 0. The number of fused-ring (bicyclic) bond motifs is 4. The van der Waals surface area contributed by atoms with E-state index < -0.39 is 37.3 Å². The van der Waals surface area contributed by atoms with E-state index in [-0.39, 0.29) is 85.1 Å². The number of benzene rings is 4. The van der Waals surface area contributed by atoms with Crippen LogP contribution in [0.1, 0.15) is 155 Å². The molecule has 4 N–H and O–H groups in total. The molecule has 2 spiro atoms. The van der Waals surface area contributed by atoms with Crippen molar-refractivity contribution in [1.29, 1.82) is 0 Å². The number of alkyl halides is 10. The van der Waals surface area contributed by atoms with Gasteiger partial charge in [0.15, 0.2) is 0 Å². The molecule has 4 aliphatic heterocycles. The van der Waals surface area contributed by atoms with Crippen molar-refractivity contribution in [3.63, 3.8) is 0 Å². The lowest BCUT2D eigenvalue weighted by atomic mass is 9.73. The van der Waals surface area contributed by atoms with Gasteiger partial charge in [0.1, 0.15) is 11.5 Å². The van der Waals surface area contributed by atoms with E-state index in [1.54, 1.807) is 26.0 Å². The molecule has 26 heteroatoms. The number of rotatable bonds is 20. The van der Waals surface area contributed by atoms with Gasteiger partial charge in [-0.25, -0.2) is 0 Å². The Morgan fingerprint density at radius 1 is 0.519 bits per heavy atom. The van der Waals surface area contributed by atoms with Gasteiger partial charge in [-0.1, -0.05) is 36.4 Å². The number of nitrogens with zero attached hydrogens (tertiary/aromatic N) is 4. The second kappa shape index (κ2) is 31.2. The average Bonchev–Trinajstić information content (AvgIpc) is 1.52. The summed E-state index contributed by atoms with van der Waals surface area (Å²) in [6, 6.07) is 24.3. The lowest BCUT2D eigenvalue weighted by molar-refractivity contribution is -0.287. The van der Waals surface area contributed by atoms with Crippen molar-refractivity contribution < 1.29 is 72.4 Å². The summed E-state index contributed by atoms with van der Waals surface area (Å²) in [5.41, 5.74) is 13.1. The number of ether oxygens (including phenoxy) is 4. The molecule has 564 valence electrons. The van der Waals surface area contributed by atoms with Gasteiger partial charge in [-0.3, -0.25) is 29.0 Å². The number of pyridine rings is 2. The Morgan fingerprint density at radius 3 is 1.32 bits per heavy atom. The summed E-state index contributed by atoms with van der Waals surface area (Å²) in [6.07, 6.45) is -2.56. The summed E-state index contributed by atoms with van der Waals surface area (Å²) in [5.74, 6) is -9.39. The molecular weight excluding hydrogens is 1370 g/mol. The van der Waals surface area contributed by atoms with Crippen molar-refractivity contribution >= 4 is 23.2 Å². The van der Waals surface area contributed by atoms with E-state index >= 15 is 0 Å². The number of piperidine rings is 2. The summed E-state index contributed by atoms with van der Waals surface area (Å²) in [5, 5.41) is 5.89. The van der Waals surface area contributed by atoms with E-state index in [4.69, 9.17) is 18.9 Å². The number of aromatic amines is 2. The first-order chi connectivity index (χ1) is 49.3. The van der Waals surface area contributed by atoms with Crippen LogP contribution >= 0.6 is 0 Å². The zero-order valence-corrected chi connectivity index (χ0v) is 60.3. The molecule has 6 heterocycles. The molecule has 0 radical (unpaired) electrons. The number of nitrogens with one attached hydrogen (secondary N) is 4. The Labute approximate surface area is 599 Å². The fourth-order valence-electron chi connectivity index (χ4n) is 16.7. The lowest BCUT2D eigenvalue weighted by Crippen LogP contribution is -2.51. The van der Waals surface area contributed by atoms with Gasteiger partial charge in [0.05, 0.1) is 51.5 Å². The number of hydrogen-bond donors (Lipinski definition) is 4. The Hall–Kier alpha value is -7.94. The van der Waals surface area contributed by atoms with E-state index in [0.717, 1.165) is 125 Å². The van der Waals surface area contributed by atoms with Crippen LogP contribution in [0.25, 0.3) is 22.3 Å². The molecule has 0 bridgehead atoms. The van der Waals surface area contributed by atoms with Crippen molar-refractivity contribution in [1.82, 2.24) is 30.4 Å². The topological polar surface area (TPSA) is 174 Å². The van der Waals surface area contributed by atoms with Crippen molar-refractivity contribution in [2.75, 3.05) is 103 Å². The Bertz CT molecular complexity index is 4220. The molecule has 0 unspecified atom stereocenters. The highest BCUT2D eigenvalue weighted by Gasteiger charge is 2.60. The van der Waals surface area contributed by atoms with Crippen LogP contribution in [0.15, 0.2) is 82.4 Å². The molecule has 2 amide bonds. The minimum absolute atomic E-state index is 0.0275. The number of aromatic nitrogens is 2. The Kier molecular flexibility index (Phi) is 23.2. The number of halogens is 10. The number of H-pyrrole nitrogens is 2. The molecule has 2 aliphatic carbocycles. The van der Waals surface area contributed by atoms with E-state index in [9.17, 15) is 63.1 Å². The smallest absolute Gasteiger partial charge is 0.454 e. The maximum Gasteiger partial charge on any atom is 0.454 e. The van der Waals surface area contributed by atoms with Gasteiger partial charge in [-0.2, -0.15) is 43.9 Å². The van der Waals surface area contributed by atoms with Crippen molar-refractivity contribution in [2.45, 2.75) is 179 Å². The lowest BCUT2D eigenvalue weighted by Gasteiger charge is -2.41.